The maximum absolute atomic E-state index is 13.0. The smallest absolute Gasteiger partial charge is 0.344 e. The Balaban J connectivity index is 1.66. The molecule has 4 aromatic rings. The van der Waals surface area contributed by atoms with Crippen molar-refractivity contribution in [3.8, 4) is 11.4 Å². The molecule has 2 aromatic carbocycles. The van der Waals surface area contributed by atoms with Crippen LogP contribution in [0.3, 0.4) is 0 Å². The summed E-state index contributed by atoms with van der Waals surface area (Å²) in [5, 5.41) is 13.9. The van der Waals surface area contributed by atoms with E-state index < -0.39 is 12.1 Å². The zero-order chi connectivity index (χ0) is 24.6. The van der Waals surface area contributed by atoms with Crippen LogP contribution in [0.5, 0.6) is 5.75 Å². The van der Waals surface area contributed by atoms with Crippen molar-refractivity contribution >= 4 is 39.0 Å². The van der Waals surface area contributed by atoms with Gasteiger partial charge in [0.25, 0.3) is 5.56 Å². The Labute approximate surface area is 204 Å². The van der Waals surface area contributed by atoms with Gasteiger partial charge < -0.3 is 14.4 Å². The average molecular weight is 523 g/mol. The van der Waals surface area contributed by atoms with Crippen molar-refractivity contribution in [1.29, 1.82) is 0 Å². The zero-order valence-electron chi connectivity index (χ0n) is 19.1. The van der Waals surface area contributed by atoms with Crippen LogP contribution in [-0.4, -0.2) is 37.6 Å². The molecule has 4 rings (SSSR count). The molecule has 1 atom stereocenters. The maximum Gasteiger partial charge on any atom is 0.344 e. The first-order valence-electron chi connectivity index (χ1n) is 10.6. The molecule has 0 radical (unpaired) electrons. The number of fused-ring (bicyclic) bond motifs is 1. The summed E-state index contributed by atoms with van der Waals surface area (Å²) in [6.45, 7) is 7.18. The summed E-state index contributed by atoms with van der Waals surface area (Å²) in [5.74, 6) is -0.0436. The third-order valence-electron chi connectivity index (χ3n) is 5.51. The van der Waals surface area contributed by atoms with Gasteiger partial charge in [0, 0.05) is 27.1 Å². The summed E-state index contributed by atoms with van der Waals surface area (Å²) in [6, 6.07) is 14.6. The molecule has 9 heteroatoms. The summed E-state index contributed by atoms with van der Waals surface area (Å²) in [7, 11) is 0. The van der Waals surface area contributed by atoms with Crippen LogP contribution >= 0.6 is 15.9 Å². The van der Waals surface area contributed by atoms with Crippen molar-refractivity contribution in [3.63, 3.8) is 0 Å². The summed E-state index contributed by atoms with van der Waals surface area (Å²) >= 11 is 3.40. The van der Waals surface area contributed by atoms with Crippen molar-refractivity contribution in [1.82, 2.24) is 14.2 Å². The van der Waals surface area contributed by atoms with Gasteiger partial charge in [-0.25, -0.2) is 9.78 Å². The van der Waals surface area contributed by atoms with Crippen LogP contribution in [0.15, 0.2) is 62.9 Å². The standard InChI is InChI=1S/C25H23BrN4O4/c1-14-11-18(13-27-30-17(4)28-23-10-5-19(26)12-22(23)24(30)31)15(2)29(14)20-6-8-21(9-7-20)34-16(3)25(32)33/h5-13,16H,1-4H3,(H,32,33)/t16-/m1/s1. The fraction of sp³-hybridized carbons (Fsp3) is 0.200. The molecule has 0 unspecified atom stereocenters. The Kier molecular flexibility index (Phi) is 6.39. The number of aryl methyl sites for hydroxylation is 2. The van der Waals surface area contributed by atoms with E-state index in [4.69, 9.17) is 9.84 Å². The molecule has 2 aromatic heterocycles. The molecule has 0 aliphatic carbocycles. The van der Waals surface area contributed by atoms with Gasteiger partial charge >= 0.3 is 5.97 Å². The average Bonchev–Trinajstić information content (AvgIpc) is 3.07. The summed E-state index contributed by atoms with van der Waals surface area (Å²) in [4.78, 5) is 28.5. The lowest BCUT2D eigenvalue weighted by Crippen LogP contribution is -2.22. The van der Waals surface area contributed by atoms with Crippen molar-refractivity contribution < 1.29 is 14.6 Å². The lowest BCUT2D eigenvalue weighted by Gasteiger charge is -2.13. The molecule has 8 nitrogen and oxygen atoms in total. The van der Waals surface area contributed by atoms with Crippen molar-refractivity contribution in [2.75, 3.05) is 0 Å². The van der Waals surface area contributed by atoms with Gasteiger partial charge in [-0.15, -0.1) is 0 Å². The number of hydrogen-bond donors (Lipinski definition) is 1. The lowest BCUT2D eigenvalue weighted by atomic mass is 10.2. The monoisotopic (exact) mass is 522 g/mol. The molecule has 0 bridgehead atoms. The SMILES string of the molecule is Cc1cc(C=Nn2c(C)nc3ccc(Br)cc3c2=O)c(C)n1-c1ccc(O[C@H](C)C(=O)O)cc1. The zero-order valence-corrected chi connectivity index (χ0v) is 20.7. The highest BCUT2D eigenvalue weighted by Crippen LogP contribution is 2.23. The van der Waals surface area contributed by atoms with Crippen LogP contribution in [0, 0.1) is 20.8 Å². The van der Waals surface area contributed by atoms with Gasteiger partial charge in [-0.1, -0.05) is 15.9 Å². The highest BCUT2D eigenvalue weighted by molar-refractivity contribution is 9.10. The number of rotatable bonds is 6. The number of ether oxygens (including phenoxy) is 1. The topological polar surface area (TPSA) is 98.7 Å². The van der Waals surface area contributed by atoms with Gasteiger partial charge in [0.1, 0.15) is 11.6 Å². The van der Waals surface area contributed by atoms with E-state index in [9.17, 15) is 9.59 Å². The van der Waals surface area contributed by atoms with Gasteiger partial charge in [0.2, 0.25) is 0 Å². The van der Waals surface area contributed by atoms with E-state index in [1.165, 1.54) is 11.6 Å². The summed E-state index contributed by atoms with van der Waals surface area (Å²) in [5.41, 5.74) is 4.07. The number of nitrogens with zero attached hydrogens (tertiary/aromatic N) is 4. The number of carbonyl (C=O) groups is 1. The van der Waals surface area contributed by atoms with Crippen LogP contribution in [0.1, 0.15) is 29.7 Å². The molecule has 0 spiro atoms. The largest absolute Gasteiger partial charge is 0.479 e. The molecule has 174 valence electrons. The van der Waals surface area contributed by atoms with Crippen molar-refractivity contribution in [2.45, 2.75) is 33.8 Å². The number of carboxylic acid groups (broad SMARTS) is 1. The molecule has 34 heavy (non-hydrogen) atoms. The second-order valence-electron chi connectivity index (χ2n) is 7.94. The van der Waals surface area contributed by atoms with Crippen LogP contribution in [-0.2, 0) is 4.79 Å². The third-order valence-corrected chi connectivity index (χ3v) is 6.00. The minimum atomic E-state index is -1.02. The van der Waals surface area contributed by atoms with Gasteiger partial charge in [-0.2, -0.15) is 9.78 Å². The quantitative estimate of drug-likeness (QED) is 0.373. The van der Waals surface area contributed by atoms with E-state index in [1.54, 1.807) is 37.4 Å². The minimum absolute atomic E-state index is 0.236. The number of aliphatic carboxylic acids is 1. The second-order valence-corrected chi connectivity index (χ2v) is 8.85. The first-order valence-corrected chi connectivity index (χ1v) is 11.4. The fourth-order valence-corrected chi connectivity index (χ4v) is 4.12. The lowest BCUT2D eigenvalue weighted by molar-refractivity contribution is -0.144. The van der Waals surface area contributed by atoms with Crippen LogP contribution in [0.4, 0.5) is 0 Å². The Morgan fingerprint density at radius 3 is 2.53 bits per heavy atom. The summed E-state index contributed by atoms with van der Waals surface area (Å²) < 4.78 is 9.57. The number of hydrogen-bond acceptors (Lipinski definition) is 5. The van der Waals surface area contributed by atoms with Gasteiger partial charge in [-0.3, -0.25) is 4.79 Å². The normalized spacial score (nSPS) is 12.4. The summed E-state index contributed by atoms with van der Waals surface area (Å²) in [6.07, 6.45) is 0.728. The van der Waals surface area contributed by atoms with Crippen molar-refractivity contribution in [2.24, 2.45) is 5.10 Å². The maximum atomic E-state index is 13.0. The van der Waals surface area contributed by atoms with E-state index in [0.717, 1.165) is 27.1 Å². The molecule has 0 fully saturated rings. The Bertz CT molecular complexity index is 1490. The predicted octanol–water partition coefficient (Wildman–Crippen LogP) is 4.61. The van der Waals surface area contributed by atoms with E-state index in [-0.39, 0.29) is 5.56 Å². The molecule has 0 amide bonds. The minimum Gasteiger partial charge on any atom is -0.479 e. The van der Waals surface area contributed by atoms with Crippen LogP contribution in [0.2, 0.25) is 0 Å². The molecule has 1 N–H and O–H groups in total. The third kappa shape index (κ3) is 4.51. The number of benzene rings is 2. The first kappa shape index (κ1) is 23.4. The van der Waals surface area contributed by atoms with Crippen molar-refractivity contribution in [3.05, 3.63) is 86.1 Å². The molecule has 0 saturated heterocycles. The van der Waals surface area contributed by atoms with Gasteiger partial charge in [-0.05, 0) is 76.2 Å². The first-order chi connectivity index (χ1) is 16.2. The Morgan fingerprint density at radius 2 is 1.85 bits per heavy atom. The molecular formula is C25H23BrN4O4. The van der Waals surface area contributed by atoms with E-state index in [0.29, 0.717) is 22.5 Å². The number of carboxylic acids is 1. The number of aromatic nitrogens is 3. The molecular weight excluding hydrogens is 500 g/mol. The highest BCUT2D eigenvalue weighted by Gasteiger charge is 2.14. The molecule has 0 aliphatic rings. The number of halogens is 1. The Hall–Kier alpha value is -3.72. The van der Waals surface area contributed by atoms with E-state index in [1.807, 2.05) is 38.1 Å². The molecule has 0 saturated carbocycles. The van der Waals surface area contributed by atoms with Crippen LogP contribution < -0.4 is 10.3 Å². The second kappa shape index (κ2) is 9.26. The predicted molar refractivity (Wildman–Crippen MR) is 134 cm³/mol. The van der Waals surface area contributed by atoms with Gasteiger partial charge in [0.15, 0.2) is 6.10 Å². The fourth-order valence-electron chi connectivity index (χ4n) is 3.76. The Morgan fingerprint density at radius 1 is 1.15 bits per heavy atom. The molecule has 2 heterocycles. The van der Waals surface area contributed by atoms with E-state index >= 15 is 0 Å². The molecule has 0 aliphatic heterocycles. The van der Waals surface area contributed by atoms with Gasteiger partial charge in [0.05, 0.1) is 17.1 Å². The van der Waals surface area contributed by atoms with E-state index in [2.05, 4.69) is 30.6 Å². The van der Waals surface area contributed by atoms with Crippen LogP contribution in [0.25, 0.3) is 16.6 Å². The highest BCUT2D eigenvalue weighted by atomic mass is 79.9.